The molecule has 0 spiro atoms. The van der Waals surface area contributed by atoms with Crippen molar-refractivity contribution >= 4 is 16.7 Å². The molecule has 2 atom stereocenters. The first kappa shape index (κ1) is 14.6. The molecule has 4 nitrogen and oxygen atoms in total. The lowest BCUT2D eigenvalue weighted by Crippen LogP contribution is -2.48. The van der Waals surface area contributed by atoms with Gasteiger partial charge in [0.15, 0.2) is 0 Å². The number of amides is 1. The fourth-order valence-electron chi connectivity index (χ4n) is 2.19. The minimum absolute atomic E-state index is 0.0228. The van der Waals surface area contributed by atoms with Gasteiger partial charge < -0.3 is 10.6 Å². The highest BCUT2D eigenvalue weighted by Crippen LogP contribution is 2.32. The normalized spacial score (nSPS) is 22.8. The van der Waals surface area contributed by atoms with Crippen molar-refractivity contribution in [3.8, 4) is 0 Å². The van der Waals surface area contributed by atoms with E-state index in [1.165, 1.54) is 0 Å². The van der Waals surface area contributed by atoms with E-state index in [0.29, 0.717) is 6.54 Å². The van der Waals surface area contributed by atoms with Crippen LogP contribution in [0.3, 0.4) is 0 Å². The second kappa shape index (κ2) is 6.50. The Labute approximate surface area is 106 Å². The van der Waals surface area contributed by atoms with Crippen LogP contribution < -0.4 is 10.6 Å². The van der Waals surface area contributed by atoms with Gasteiger partial charge in [-0.1, -0.05) is 6.92 Å². The summed E-state index contributed by atoms with van der Waals surface area (Å²) in [4.78, 5) is 12.2. The zero-order valence-electron chi connectivity index (χ0n) is 11.0. The number of hydrogen-bond donors (Lipinski definition) is 2. The van der Waals surface area contributed by atoms with Gasteiger partial charge in [0.2, 0.25) is 5.91 Å². The Morgan fingerprint density at radius 2 is 2.06 bits per heavy atom. The number of rotatable bonds is 5. The van der Waals surface area contributed by atoms with Crippen LogP contribution in [0.2, 0.25) is 0 Å². The molecule has 1 aliphatic heterocycles. The summed E-state index contributed by atoms with van der Waals surface area (Å²) in [5, 5.41) is 6.27. The van der Waals surface area contributed by atoms with E-state index in [0.717, 1.165) is 32.4 Å². The summed E-state index contributed by atoms with van der Waals surface area (Å²) in [5.41, 5.74) is -0.208. The number of nitrogens with one attached hydrogen (secondary N) is 2. The second-order valence-corrected chi connectivity index (χ2v) is 6.71. The lowest BCUT2D eigenvalue weighted by molar-refractivity contribution is -0.132. The molecule has 5 heteroatoms. The Morgan fingerprint density at radius 1 is 1.47 bits per heavy atom. The third-order valence-corrected chi connectivity index (χ3v) is 5.14. The Hall–Kier alpha value is -0.420. The fraction of sp³-hybridized carbons (Fsp3) is 0.917. The monoisotopic (exact) mass is 260 g/mol. The molecule has 0 aromatic carbocycles. The largest absolute Gasteiger partial charge is 0.354 e. The third kappa shape index (κ3) is 3.78. The molecule has 0 saturated carbocycles. The van der Waals surface area contributed by atoms with E-state index in [9.17, 15) is 9.00 Å². The predicted octanol–water partition coefficient (Wildman–Crippen LogP) is 0.649. The van der Waals surface area contributed by atoms with Gasteiger partial charge in [-0.2, -0.15) is 0 Å². The highest BCUT2D eigenvalue weighted by Gasteiger charge is 2.37. The van der Waals surface area contributed by atoms with Crippen LogP contribution >= 0.6 is 0 Å². The molecule has 100 valence electrons. The minimum Gasteiger partial charge on any atom is -0.354 e. The summed E-state index contributed by atoms with van der Waals surface area (Å²) in [5.74, 6) is 0.138. The van der Waals surface area contributed by atoms with Crippen molar-refractivity contribution in [2.75, 3.05) is 25.9 Å². The van der Waals surface area contributed by atoms with Gasteiger partial charge in [-0.25, -0.2) is 0 Å². The Balaban J connectivity index is 2.52. The highest BCUT2D eigenvalue weighted by molar-refractivity contribution is 7.84. The maximum absolute atomic E-state index is 12.2. The molecule has 0 bridgehead atoms. The van der Waals surface area contributed by atoms with Crippen molar-refractivity contribution < 1.29 is 9.00 Å². The standard InChI is InChI=1S/C12H24N2O2S/c1-4-12(5-7-13-8-6-12)11(15)14-9-10(2)17(3)16/h10,13H,4-9H2,1-3H3,(H,14,15). The van der Waals surface area contributed by atoms with Crippen molar-refractivity contribution in [1.82, 2.24) is 10.6 Å². The van der Waals surface area contributed by atoms with Gasteiger partial charge in [0.1, 0.15) is 0 Å². The van der Waals surface area contributed by atoms with Gasteiger partial charge in [0.25, 0.3) is 0 Å². The minimum atomic E-state index is -0.874. The first-order chi connectivity index (χ1) is 8.02. The molecule has 1 saturated heterocycles. The summed E-state index contributed by atoms with van der Waals surface area (Å²) in [7, 11) is -0.874. The van der Waals surface area contributed by atoms with Gasteiger partial charge in [-0.15, -0.1) is 0 Å². The molecule has 1 aliphatic rings. The first-order valence-corrected chi connectivity index (χ1v) is 7.95. The number of carbonyl (C=O) groups excluding carboxylic acids is 1. The summed E-state index contributed by atoms with van der Waals surface area (Å²) in [6.07, 6.45) is 4.36. The van der Waals surface area contributed by atoms with Crippen molar-refractivity contribution in [2.45, 2.75) is 38.4 Å². The molecule has 1 fully saturated rings. The summed E-state index contributed by atoms with van der Waals surface area (Å²) >= 11 is 0. The quantitative estimate of drug-likeness (QED) is 0.763. The third-order valence-electron chi connectivity index (χ3n) is 3.84. The SMILES string of the molecule is CCC1(C(=O)NCC(C)S(C)=O)CCNCC1. The second-order valence-electron chi connectivity index (χ2n) is 4.90. The van der Waals surface area contributed by atoms with Crippen LogP contribution in [0.1, 0.15) is 33.1 Å². The van der Waals surface area contributed by atoms with Crippen molar-refractivity contribution in [2.24, 2.45) is 5.41 Å². The molecule has 0 radical (unpaired) electrons. The zero-order chi connectivity index (χ0) is 12.9. The summed E-state index contributed by atoms with van der Waals surface area (Å²) in [6.45, 7) is 6.31. The molecular formula is C12H24N2O2S. The summed E-state index contributed by atoms with van der Waals surface area (Å²) in [6, 6.07) is 0. The average Bonchev–Trinajstić information content (AvgIpc) is 2.36. The van der Waals surface area contributed by atoms with Crippen LogP contribution in [0.5, 0.6) is 0 Å². The van der Waals surface area contributed by atoms with E-state index in [1.807, 2.05) is 6.92 Å². The predicted molar refractivity (Wildman–Crippen MR) is 71.4 cm³/mol. The van der Waals surface area contributed by atoms with Crippen molar-refractivity contribution in [3.05, 3.63) is 0 Å². The van der Waals surface area contributed by atoms with Crippen LogP contribution in [0.25, 0.3) is 0 Å². The Morgan fingerprint density at radius 3 is 2.53 bits per heavy atom. The van der Waals surface area contributed by atoms with Crippen LogP contribution in [-0.4, -0.2) is 41.3 Å². The molecule has 0 aliphatic carbocycles. The average molecular weight is 260 g/mol. The lowest BCUT2D eigenvalue weighted by Gasteiger charge is -2.35. The van der Waals surface area contributed by atoms with Gasteiger partial charge in [0.05, 0.1) is 5.41 Å². The lowest BCUT2D eigenvalue weighted by atomic mass is 9.76. The highest BCUT2D eigenvalue weighted by atomic mass is 32.2. The number of piperidine rings is 1. The van der Waals surface area contributed by atoms with Gasteiger partial charge >= 0.3 is 0 Å². The molecule has 2 unspecified atom stereocenters. The van der Waals surface area contributed by atoms with E-state index in [-0.39, 0.29) is 16.6 Å². The number of carbonyl (C=O) groups is 1. The van der Waals surface area contributed by atoms with E-state index < -0.39 is 10.8 Å². The maximum atomic E-state index is 12.2. The van der Waals surface area contributed by atoms with Crippen LogP contribution in [0.4, 0.5) is 0 Å². The smallest absolute Gasteiger partial charge is 0.226 e. The maximum Gasteiger partial charge on any atom is 0.226 e. The van der Waals surface area contributed by atoms with Crippen LogP contribution in [-0.2, 0) is 15.6 Å². The van der Waals surface area contributed by atoms with Crippen LogP contribution in [0.15, 0.2) is 0 Å². The van der Waals surface area contributed by atoms with Crippen molar-refractivity contribution in [3.63, 3.8) is 0 Å². The van der Waals surface area contributed by atoms with Crippen molar-refractivity contribution in [1.29, 1.82) is 0 Å². The summed E-state index contributed by atoms with van der Waals surface area (Å²) < 4.78 is 11.2. The van der Waals surface area contributed by atoms with Gasteiger partial charge in [-0.3, -0.25) is 9.00 Å². The molecule has 1 heterocycles. The first-order valence-electron chi connectivity index (χ1n) is 6.33. The van der Waals surface area contributed by atoms with Gasteiger partial charge in [0, 0.05) is 28.9 Å². The molecule has 1 rings (SSSR count). The Bertz CT molecular complexity index is 288. The van der Waals surface area contributed by atoms with E-state index in [2.05, 4.69) is 17.6 Å². The molecule has 17 heavy (non-hydrogen) atoms. The van der Waals surface area contributed by atoms with Gasteiger partial charge in [-0.05, 0) is 39.3 Å². The van der Waals surface area contributed by atoms with E-state index in [4.69, 9.17) is 0 Å². The Kier molecular flexibility index (Phi) is 5.59. The molecule has 0 aromatic heterocycles. The fourth-order valence-corrected chi connectivity index (χ4v) is 2.51. The molecule has 1 amide bonds. The zero-order valence-corrected chi connectivity index (χ0v) is 11.9. The molecule has 2 N–H and O–H groups in total. The van der Waals surface area contributed by atoms with E-state index >= 15 is 0 Å². The van der Waals surface area contributed by atoms with Crippen LogP contribution in [0, 0.1) is 5.41 Å². The number of hydrogen-bond acceptors (Lipinski definition) is 3. The topological polar surface area (TPSA) is 58.2 Å². The van der Waals surface area contributed by atoms with E-state index in [1.54, 1.807) is 6.26 Å². The molecule has 0 aromatic rings. The molecular weight excluding hydrogens is 236 g/mol.